The van der Waals surface area contributed by atoms with E-state index in [9.17, 15) is 22.4 Å². The number of carbonyl (C=O) groups is 1. The Hall–Kier alpha value is -2.57. The number of ether oxygens (including phenoxy) is 1. The largest absolute Gasteiger partial charge is 0.573 e. The van der Waals surface area contributed by atoms with Crippen molar-refractivity contribution in [2.75, 3.05) is 0 Å². The van der Waals surface area contributed by atoms with Crippen LogP contribution < -0.4 is 4.74 Å². The third-order valence-electron chi connectivity index (χ3n) is 2.62. The van der Waals surface area contributed by atoms with Crippen molar-refractivity contribution in [1.29, 1.82) is 0 Å². The minimum absolute atomic E-state index is 0.0114. The van der Waals surface area contributed by atoms with E-state index in [4.69, 9.17) is 5.11 Å². The number of rotatable bonds is 3. The van der Waals surface area contributed by atoms with Gasteiger partial charge in [0.1, 0.15) is 11.6 Å². The molecular formula is C14H8F4O3. The molecule has 1 N–H and O–H groups in total. The second kappa shape index (κ2) is 5.43. The molecule has 0 unspecified atom stereocenters. The van der Waals surface area contributed by atoms with Crippen LogP contribution in [0.5, 0.6) is 5.75 Å². The quantitative estimate of drug-likeness (QED) is 0.868. The molecule has 0 aromatic heterocycles. The second-order valence-electron chi connectivity index (χ2n) is 4.04. The van der Waals surface area contributed by atoms with Crippen molar-refractivity contribution in [3.8, 4) is 16.9 Å². The fourth-order valence-electron chi connectivity index (χ4n) is 1.78. The van der Waals surface area contributed by atoms with Crippen molar-refractivity contribution >= 4 is 5.97 Å². The van der Waals surface area contributed by atoms with Crippen molar-refractivity contribution in [2.45, 2.75) is 6.36 Å². The number of alkyl halides is 3. The number of hydrogen-bond acceptors (Lipinski definition) is 2. The van der Waals surface area contributed by atoms with E-state index in [1.807, 2.05) is 0 Å². The SMILES string of the molecule is O=C(O)c1cc(-c2ccccc2OC(F)(F)F)ccc1F. The zero-order valence-corrected chi connectivity index (χ0v) is 10.3. The Balaban J connectivity index is 2.52. The summed E-state index contributed by atoms with van der Waals surface area (Å²) in [6.45, 7) is 0. The maximum atomic E-state index is 13.3. The number of benzene rings is 2. The Morgan fingerprint density at radius 2 is 1.76 bits per heavy atom. The molecule has 21 heavy (non-hydrogen) atoms. The highest BCUT2D eigenvalue weighted by atomic mass is 19.4. The summed E-state index contributed by atoms with van der Waals surface area (Å²) in [4.78, 5) is 10.9. The molecule has 0 aliphatic rings. The molecule has 0 saturated heterocycles. The lowest BCUT2D eigenvalue weighted by atomic mass is 10.0. The van der Waals surface area contributed by atoms with Crippen LogP contribution in [0.4, 0.5) is 17.6 Å². The van der Waals surface area contributed by atoms with E-state index in [0.717, 1.165) is 18.2 Å². The van der Waals surface area contributed by atoms with Crippen LogP contribution in [0.15, 0.2) is 42.5 Å². The molecule has 2 aromatic rings. The molecule has 0 bridgehead atoms. The lowest BCUT2D eigenvalue weighted by molar-refractivity contribution is -0.274. The number of halogens is 4. The summed E-state index contributed by atoms with van der Waals surface area (Å²) in [6.07, 6.45) is -4.88. The predicted octanol–water partition coefficient (Wildman–Crippen LogP) is 4.09. The molecule has 0 fully saturated rings. The van der Waals surface area contributed by atoms with Gasteiger partial charge in [0.25, 0.3) is 0 Å². The molecule has 3 nitrogen and oxygen atoms in total. The van der Waals surface area contributed by atoms with Gasteiger partial charge in [-0.05, 0) is 23.8 Å². The summed E-state index contributed by atoms with van der Waals surface area (Å²) >= 11 is 0. The smallest absolute Gasteiger partial charge is 0.478 e. The normalized spacial score (nSPS) is 11.2. The Bertz CT molecular complexity index is 680. The Morgan fingerprint density at radius 3 is 2.38 bits per heavy atom. The molecule has 0 saturated carbocycles. The topological polar surface area (TPSA) is 46.5 Å². The van der Waals surface area contributed by atoms with Gasteiger partial charge in [-0.3, -0.25) is 0 Å². The second-order valence-corrected chi connectivity index (χ2v) is 4.04. The van der Waals surface area contributed by atoms with E-state index in [1.54, 1.807) is 0 Å². The van der Waals surface area contributed by atoms with E-state index in [2.05, 4.69) is 4.74 Å². The van der Waals surface area contributed by atoms with Gasteiger partial charge in [-0.15, -0.1) is 13.2 Å². The lowest BCUT2D eigenvalue weighted by Crippen LogP contribution is -2.17. The van der Waals surface area contributed by atoms with Crippen LogP contribution in [0.2, 0.25) is 0 Å². The predicted molar refractivity (Wildman–Crippen MR) is 65.5 cm³/mol. The molecule has 0 aliphatic heterocycles. The molecule has 0 heterocycles. The zero-order chi connectivity index (χ0) is 15.6. The average Bonchev–Trinajstić information content (AvgIpc) is 2.38. The van der Waals surface area contributed by atoms with Crippen molar-refractivity contribution < 1.29 is 32.2 Å². The van der Waals surface area contributed by atoms with Crippen LogP contribution >= 0.6 is 0 Å². The molecule has 2 rings (SSSR count). The standard InChI is InChI=1S/C14H8F4O3/c15-11-6-5-8(7-10(11)13(19)20)9-3-1-2-4-12(9)21-14(16,17)18/h1-7H,(H,19,20). The van der Waals surface area contributed by atoms with Gasteiger partial charge in [0.2, 0.25) is 0 Å². The van der Waals surface area contributed by atoms with Crippen molar-refractivity contribution in [1.82, 2.24) is 0 Å². The van der Waals surface area contributed by atoms with Crippen molar-refractivity contribution in [3.63, 3.8) is 0 Å². The van der Waals surface area contributed by atoms with Gasteiger partial charge in [0.15, 0.2) is 0 Å². The van der Waals surface area contributed by atoms with Gasteiger partial charge in [-0.1, -0.05) is 24.3 Å². The van der Waals surface area contributed by atoms with Crippen LogP contribution in [-0.2, 0) is 0 Å². The number of carboxylic acid groups (broad SMARTS) is 1. The highest BCUT2D eigenvalue weighted by molar-refractivity contribution is 5.90. The first-order chi connectivity index (χ1) is 9.78. The van der Waals surface area contributed by atoms with Gasteiger partial charge in [0, 0.05) is 5.56 Å². The monoisotopic (exact) mass is 300 g/mol. The molecule has 0 spiro atoms. The average molecular weight is 300 g/mol. The molecular weight excluding hydrogens is 292 g/mol. The van der Waals surface area contributed by atoms with Crippen LogP contribution in [0.3, 0.4) is 0 Å². The number of hydrogen-bond donors (Lipinski definition) is 1. The first-order valence-electron chi connectivity index (χ1n) is 5.66. The van der Waals surface area contributed by atoms with Crippen molar-refractivity contribution in [3.05, 3.63) is 53.8 Å². The third-order valence-corrected chi connectivity index (χ3v) is 2.62. The van der Waals surface area contributed by atoms with Gasteiger partial charge < -0.3 is 9.84 Å². The van der Waals surface area contributed by atoms with E-state index < -0.39 is 29.5 Å². The van der Waals surface area contributed by atoms with Gasteiger partial charge in [-0.25, -0.2) is 9.18 Å². The number of carboxylic acids is 1. The highest BCUT2D eigenvalue weighted by Crippen LogP contribution is 2.34. The maximum absolute atomic E-state index is 13.3. The van der Waals surface area contributed by atoms with Crippen molar-refractivity contribution in [2.24, 2.45) is 0 Å². The highest BCUT2D eigenvalue weighted by Gasteiger charge is 2.32. The lowest BCUT2D eigenvalue weighted by Gasteiger charge is -2.13. The number of aromatic carboxylic acids is 1. The minimum atomic E-state index is -4.88. The Kier molecular flexibility index (Phi) is 3.84. The molecule has 110 valence electrons. The van der Waals surface area contributed by atoms with Crippen LogP contribution in [0.1, 0.15) is 10.4 Å². The summed E-state index contributed by atoms with van der Waals surface area (Å²) < 4.78 is 54.2. The number of para-hydroxylation sites is 1. The van der Waals surface area contributed by atoms with Gasteiger partial charge in [0.05, 0.1) is 5.56 Å². The minimum Gasteiger partial charge on any atom is -0.478 e. The molecule has 0 aliphatic carbocycles. The van der Waals surface area contributed by atoms with Gasteiger partial charge in [-0.2, -0.15) is 0 Å². The first-order valence-corrected chi connectivity index (χ1v) is 5.66. The Morgan fingerprint density at radius 1 is 1.10 bits per heavy atom. The summed E-state index contributed by atoms with van der Waals surface area (Å²) in [5, 5.41) is 8.84. The van der Waals surface area contributed by atoms with E-state index >= 15 is 0 Å². The third kappa shape index (κ3) is 3.50. The molecule has 0 amide bonds. The fraction of sp³-hybridized carbons (Fsp3) is 0.0714. The molecule has 0 atom stereocenters. The van der Waals surface area contributed by atoms with Crippen LogP contribution in [-0.4, -0.2) is 17.4 Å². The maximum Gasteiger partial charge on any atom is 0.573 e. The van der Waals surface area contributed by atoms with E-state index in [0.29, 0.717) is 0 Å². The summed E-state index contributed by atoms with van der Waals surface area (Å²) in [6, 6.07) is 8.22. The van der Waals surface area contributed by atoms with E-state index in [-0.39, 0.29) is 11.1 Å². The molecule has 0 radical (unpaired) electrons. The summed E-state index contributed by atoms with van der Waals surface area (Å²) in [5.41, 5.74) is -0.514. The summed E-state index contributed by atoms with van der Waals surface area (Å²) in [7, 11) is 0. The Labute approximate surface area is 116 Å². The van der Waals surface area contributed by atoms with Crippen LogP contribution in [0, 0.1) is 5.82 Å². The zero-order valence-electron chi connectivity index (χ0n) is 10.3. The molecule has 2 aromatic carbocycles. The first kappa shape index (κ1) is 14.8. The van der Waals surface area contributed by atoms with E-state index in [1.165, 1.54) is 24.3 Å². The fourth-order valence-corrected chi connectivity index (χ4v) is 1.78. The van der Waals surface area contributed by atoms with Gasteiger partial charge >= 0.3 is 12.3 Å². The summed E-state index contributed by atoms with van der Waals surface area (Å²) in [5.74, 6) is -2.98. The molecule has 7 heteroatoms. The van der Waals surface area contributed by atoms with Crippen LogP contribution in [0.25, 0.3) is 11.1 Å².